The molecule has 9 heteroatoms. The highest BCUT2D eigenvalue weighted by Crippen LogP contribution is 2.29. The van der Waals surface area contributed by atoms with E-state index in [4.69, 9.17) is 15.0 Å². The van der Waals surface area contributed by atoms with E-state index in [1.807, 2.05) is 0 Å². The highest BCUT2D eigenvalue weighted by molar-refractivity contribution is 4.88. The van der Waals surface area contributed by atoms with E-state index in [0.717, 1.165) is 0 Å². The van der Waals surface area contributed by atoms with E-state index in [1.54, 1.807) is 0 Å². The number of azide groups is 1. The van der Waals surface area contributed by atoms with Gasteiger partial charge in [0.2, 0.25) is 0 Å². The molecule has 0 bridgehead atoms. The van der Waals surface area contributed by atoms with Crippen LogP contribution in [0.5, 0.6) is 0 Å². The van der Waals surface area contributed by atoms with Gasteiger partial charge in [-0.05, 0) is 5.53 Å². The molecule has 0 radical (unpaired) electrons. The Morgan fingerprint density at radius 2 is 2.44 bits per heavy atom. The number of methoxy groups -OCH3 is 1. The molecule has 2 heterocycles. The third kappa shape index (κ3) is 2.28. The molecule has 0 amide bonds. The lowest BCUT2D eigenvalue weighted by atomic mass is 10.2. The number of aromatic nitrogens is 2. The first-order valence-electron chi connectivity index (χ1n) is 5.19. The van der Waals surface area contributed by atoms with Crippen LogP contribution in [0.3, 0.4) is 0 Å². The molecule has 1 aliphatic rings. The Kier molecular flexibility index (Phi) is 3.47. The van der Waals surface area contributed by atoms with Crippen molar-refractivity contribution in [3.63, 3.8) is 0 Å². The van der Waals surface area contributed by atoms with Gasteiger partial charge in [-0.1, -0.05) is 5.11 Å². The molecule has 1 fully saturated rings. The third-order valence-electron chi connectivity index (χ3n) is 2.64. The molecular formula is C9H11N5O4. The van der Waals surface area contributed by atoms with Gasteiger partial charge in [-0.2, -0.15) is 0 Å². The minimum atomic E-state index is -0.704. The van der Waals surface area contributed by atoms with Crippen molar-refractivity contribution in [1.29, 1.82) is 0 Å². The summed E-state index contributed by atoms with van der Waals surface area (Å²) < 4.78 is 11.7. The average molecular weight is 253 g/mol. The van der Waals surface area contributed by atoms with Crippen LogP contribution < -0.4 is 11.2 Å². The first-order valence-corrected chi connectivity index (χ1v) is 5.19. The number of ether oxygens (including phenoxy) is 2. The average Bonchev–Trinajstić information content (AvgIpc) is 2.72. The maximum Gasteiger partial charge on any atom is 0.330 e. The largest absolute Gasteiger partial charge is 0.355 e. The van der Waals surface area contributed by atoms with E-state index in [-0.39, 0.29) is 0 Å². The van der Waals surface area contributed by atoms with Gasteiger partial charge in [-0.3, -0.25) is 14.3 Å². The molecule has 3 atom stereocenters. The Labute approximate surface area is 101 Å². The maximum atomic E-state index is 11.6. The fourth-order valence-corrected chi connectivity index (χ4v) is 1.83. The highest BCUT2D eigenvalue weighted by Gasteiger charge is 2.36. The lowest BCUT2D eigenvalue weighted by Crippen LogP contribution is -2.31. The topological polar surface area (TPSA) is 122 Å². The van der Waals surface area contributed by atoms with Crippen LogP contribution in [0.4, 0.5) is 0 Å². The minimum Gasteiger partial charge on any atom is -0.355 e. The van der Waals surface area contributed by atoms with Gasteiger partial charge in [0.05, 0.1) is 6.04 Å². The Balaban J connectivity index is 2.28. The summed E-state index contributed by atoms with van der Waals surface area (Å²) in [6.07, 6.45) is 0.297. The molecule has 96 valence electrons. The summed E-state index contributed by atoms with van der Waals surface area (Å²) >= 11 is 0. The van der Waals surface area contributed by atoms with Crippen molar-refractivity contribution in [2.75, 3.05) is 7.11 Å². The van der Waals surface area contributed by atoms with Crippen LogP contribution in [0.15, 0.2) is 27.0 Å². The normalized spacial score (nSPS) is 26.8. The predicted molar refractivity (Wildman–Crippen MR) is 59.8 cm³/mol. The maximum absolute atomic E-state index is 11.6. The molecule has 9 nitrogen and oxygen atoms in total. The molecular weight excluding hydrogens is 242 g/mol. The van der Waals surface area contributed by atoms with Gasteiger partial charge in [0.1, 0.15) is 6.23 Å². The first kappa shape index (κ1) is 12.4. The second-order valence-corrected chi connectivity index (χ2v) is 3.72. The fraction of sp³-hybridized carbons (Fsp3) is 0.556. The van der Waals surface area contributed by atoms with Gasteiger partial charge in [0, 0.05) is 30.7 Å². The summed E-state index contributed by atoms with van der Waals surface area (Å²) in [6, 6.07) is 0.705. The van der Waals surface area contributed by atoms with Gasteiger partial charge in [0.15, 0.2) is 6.29 Å². The second-order valence-electron chi connectivity index (χ2n) is 3.72. The number of nitrogens with zero attached hydrogens (tertiary/aromatic N) is 4. The van der Waals surface area contributed by atoms with Gasteiger partial charge < -0.3 is 9.47 Å². The lowest BCUT2D eigenvalue weighted by molar-refractivity contribution is -0.138. The van der Waals surface area contributed by atoms with Crippen molar-refractivity contribution in [2.24, 2.45) is 5.11 Å². The van der Waals surface area contributed by atoms with Crippen LogP contribution >= 0.6 is 0 Å². The Bertz CT molecular complexity index is 587. The highest BCUT2D eigenvalue weighted by atomic mass is 16.7. The van der Waals surface area contributed by atoms with Crippen molar-refractivity contribution >= 4 is 0 Å². The molecule has 1 N–H and O–H groups in total. The molecule has 0 spiro atoms. The SMILES string of the molecule is COC1OC(n2ccc(=O)[nH]c2=O)CC1N=[N+]=[N-]. The summed E-state index contributed by atoms with van der Waals surface area (Å²) in [5.41, 5.74) is 7.36. The standard InChI is InChI=1S/C9H11N5O4/c1-17-8-5(12-13-10)4-7(18-8)14-3-2-6(15)11-9(14)16/h2-3,5,7-8H,4H2,1H3,(H,11,15,16). The van der Waals surface area contributed by atoms with Gasteiger partial charge >= 0.3 is 5.69 Å². The molecule has 2 rings (SSSR count). The van der Waals surface area contributed by atoms with Crippen molar-refractivity contribution < 1.29 is 9.47 Å². The summed E-state index contributed by atoms with van der Waals surface area (Å²) in [4.78, 5) is 27.3. The summed E-state index contributed by atoms with van der Waals surface area (Å²) in [6.45, 7) is 0. The third-order valence-corrected chi connectivity index (χ3v) is 2.64. The minimum absolute atomic E-state index is 0.300. The molecule has 0 aliphatic carbocycles. The van der Waals surface area contributed by atoms with Crippen molar-refractivity contribution in [2.45, 2.75) is 25.0 Å². The smallest absolute Gasteiger partial charge is 0.330 e. The monoisotopic (exact) mass is 253 g/mol. The number of aromatic amines is 1. The van der Waals surface area contributed by atoms with Gasteiger partial charge in [-0.25, -0.2) is 4.79 Å². The summed E-state index contributed by atoms with van der Waals surface area (Å²) in [7, 11) is 1.42. The van der Waals surface area contributed by atoms with E-state index in [9.17, 15) is 9.59 Å². The van der Waals surface area contributed by atoms with E-state index in [0.29, 0.717) is 6.42 Å². The quantitative estimate of drug-likeness (QED) is 0.466. The zero-order valence-corrected chi connectivity index (χ0v) is 9.52. The fourth-order valence-electron chi connectivity index (χ4n) is 1.83. The van der Waals surface area contributed by atoms with Crippen LogP contribution in [-0.4, -0.2) is 29.0 Å². The number of rotatable bonds is 3. The molecule has 1 aromatic heterocycles. The number of hydrogen-bond acceptors (Lipinski definition) is 5. The van der Waals surface area contributed by atoms with Crippen LogP contribution in [-0.2, 0) is 9.47 Å². The molecule has 0 saturated carbocycles. The van der Waals surface area contributed by atoms with Crippen LogP contribution in [0.1, 0.15) is 12.6 Å². The molecule has 1 aromatic rings. The molecule has 1 saturated heterocycles. The van der Waals surface area contributed by atoms with E-state index in [2.05, 4.69) is 15.0 Å². The second kappa shape index (κ2) is 5.05. The first-order chi connectivity index (χ1) is 8.65. The van der Waals surface area contributed by atoms with Crippen LogP contribution in [0, 0.1) is 0 Å². The number of nitrogens with one attached hydrogen (secondary N) is 1. The van der Waals surface area contributed by atoms with Gasteiger partial charge in [0.25, 0.3) is 5.56 Å². The number of hydrogen-bond donors (Lipinski definition) is 1. The predicted octanol–water partition coefficient (Wildman–Crippen LogP) is 0.107. The Morgan fingerprint density at radius 1 is 1.67 bits per heavy atom. The zero-order valence-electron chi connectivity index (χ0n) is 9.52. The summed E-state index contributed by atoms with van der Waals surface area (Å²) in [5, 5.41) is 3.54. The van der Waals surface area contributed by atoms with Crippen molar-refractivity contribution in [3.8, 4) is 0 Å². The van der Waals surface area contributed by atoms with Crippen LogP contribution in [0.2, 0.25) is 0 Å². The molecule has 3 unspecified atom stereocenters. The van der Waals surface area contributed by atoms with E-state index >= 15 is 0 Å². The van der Waals surface area contributed by atoms with E-state index < -0.39 is 29.8 Å². The number of H-pyrrole nitrogens is 1. The molecule has 0 aromatic carbocycles. The lowest BCUT2D eigenvalue weighted by Gasteiger charge is -2.14. The Morgan fingerprint density at radius 3 is 3.06 bits per heavy atom. The Hall–Kier alpha value is -2.09. The van der Waals surface area contributed by atoms with Crippen molar-refractivity contribution in [3.05, 3.63) is 43.5 Å². The van der Waals surface area contributed by atoms with Crippen molar-refractivity contribution in [1.82, 2.24) is 9.55 Å². The zero-order chi connectivity index (χ0) is 13.1. The van der Waals surface area contributed by atoms with E-state index in [1.165, 1.54) is 23.9 Å². The van der Waals surface area contributed by atoms with Gasteiger partial charge in [-0.15, -0.1) is 0 Å². The summed E-state index contributed by atoms with van der Waals surface area (Å²) in [5.74, 6) is 0. The molecule has 1 aliphatic heterocycles. The molecule has 18 heavy (non-hydrogen) atoms. The van der Waals surface area contributed by atoms with Crippen LogP contribution in [0.25, 0.3) is 10.4 Å².